The minimum atomic E-state index is -4.33. The first-order valence-corrected chi connectivity index (χ1v) is 9.01. The fraction of sp³-hybridized carbons (Fsp3) is 0.333. The Morgan fingerprint density at radius 2 is 1.62 bits per heavy atom. The number of benzene rings is 2. The molecule has 0 aliphatic carbocycles. The molecular weight excluding hydrogens is 337 g/mol. The van der Waals surface area contributed by atoms with Crippen LogP contribution in [0.25, 0.3) is 10.9 Å². The minimum absolute atomic E-state index is 0.562. The zero-order valence-electron chi connectivity index (χ0n) is 14.5. The lowest BCUT2D eigenvalue weighted by molar-refractivity contribution is -0.137. The normalized spacial score (nSPS) is 15.6. The Morgan fingerprint density at radius 3 is 2.31 bits per heavy atom. The minimum Gasteiger partial charge on any atom is -0.370 e. The average molecular weight is 358 g/mol. The number of nitrogens with zero attached hydrogens (tertiary/aromatic N) is 2. The highest BCUT2D eigenvalue weighted by Gasteiger charge is 2.31. The molecule has 0 spiro atoms. The molecule has 3 aromatic rings. The number of aromatic nitrogens is 1. The summed E-state index contributed by atoms with van der Waals surface area (Å²) in [6.45, 7) is 2.49. The molecule has 1 fully saturated rings. The molecule has 4 rings (SSSR count). The predicted molar refractivity (Wildman–Crippen MR) is 98.5 cm³/mol. The second kappa shape index (κ2) is 6.71. The monoisotopic (exact) mass is 358 g/mol. The van der Waals surface area contributed by atoms with Crippen LogP contribution in [0.2, 0.25) is 0 Å². The number of hydrogen-bond acceptors (Lipinski definition) is 1. The lowest BCUT2D eigenvalue weighted by atomic mass is 10.1. The molecule has 2 nitrogen and oxygen atoms in total. The summed E-state index contributed by atoms with van der Waals surface area (Å²) in [6, 6.07) is 14.0. The van der Waals surface area contributed by atoms with Crippen LogP contribution in [0.5, 0.6) is 0 Å². The molecule has 5 heteroatoms. The van der Waals surface area contributed by atoms with Gasteiger partial charge in [0.15, 0.2) is 0 Å². The largest absolute Gasteiger partial charge is 0.416 e. The molecule has 1 saturated heterocycles. The van der Waals surface area contributed by atoms with Crippen LogP contribution in [0.15, 0.2) is 54.7 Å². The summed E-state index contributed by atoms with van der Waals surface area (Å²) in [5.74, 6) is 0. The number of hydrogen-bond donors (Lipinski definition) is 0. The second-order valence-electron chi connectivity index (χ2n) is 6.91. The third-order valence-corrected chi connectivity index (χ3v) is 5.08. The molecule has 0 N–H and O–H groups in total. The van der Waals surface area contributed by atoms with E-state index in [-0.39, 0.29) is 0 Å². The molecule has 1 aliphatic heterocycles. The van der Waals surface area contributed by atoms with E-state index in [0.717, 1.165) is 42.6 Å². The molecule has 1 aliphatic rings. The van der Waals surface area contributed by atoms with Gasteiger partial charge < -0.3 is 9.47 Å². The first-order chi connectivity index (χ1) is 12.5. The maximum atomic E-state index is 13.2. The maximum Gasteiger partial charge on any atom is 0.416 e. The van der Waals surface area contributed by atoms with Crippen molar-refractivity contribution in [2.45, 2.75) is 32.0 Å². The summed E-state index contributed by atoms with van der Waals surface area (Å²) in [4.78, 5) is 2.31. The molecule has 0 saturated carbocycles. The van der Waals surface area contributed by atoms with E-state index in [4.69, 9.17) is 0 Å². The van der Waals surface area contributed by atoms with E-state index in [0.29, 0.717) is 12.1 Å². The van der Waals surface area contributed by atoms with Gasteiger partial charge in [0.25, 0.3) is 0 Å². The Labute approximate surface area is 150 Å². The first-order valence-electron chi connectivity index (χ1n) is 9.01. The van der Waals surface area contributed by atoms with Gasteiger partial charge in [-0.05, 0) is 37.0 Å². The second-order valence-corrected chi connectivity index (χ2v) is 6.91. The smallest absolute Gasteiger partial charge is 0.370 e. The van der Waals surface area contributed by atoms with Gasteiger partial charge in [-0.25, -0.2) is 0 Å². The van der Waals surface area contributed by atoms with Crippen LogP contribution in [0.1, 0.15) is 30.4 Å². The quantitative estimate of drug-likeness (QED) is 0.583. The molecule has 0 radical (unpaired) electrons. The van der Waals surface area contributed by atoms with Crippen LogP contribution in [0.3, 0.4) is 0 Å². The summed E-state index contributed by atoms with van der Waals surface area (Å²) >= 11 is 0. The number of piperidine rings is 1. The van der Waals surface area contributed by atoms with Gasteiger partial charge in [0.2, 0.25) is 0 Å². The van der Waals surface area contributed by atoms with Crippen molar-refractivity contribution in [3.63, 3.8) is 0 Å². The summed E-state index contributed by atoms with van der Waals surface area (Å²) in [5, 5.41) is 0.899. The average Bonchev–Trinajstić information content (AvgIpc) is 3.00. The summed E-state index contributed by atoms with van der Waals surface area (Å²) in [7, 11) is 0. The fourth-order valence-corrected chi connectivity index (χ4v) is 3.75. The summed E-state index contributed by atoms with van der Waals surface area (Å²) < 4.78 is 41.6. The lowest BCUT2D eigenvalue weighted by Crippen LogP contribution is -2.29. The molecule has 0 unspecified atom stereocenters. The van der Waals surface area contributed by atoms with E-state index in [1.165, 1.54) is 18.6 Å². The number of anilines is 1. The van der Waals surface area contributed by atoms with Crippen LogP contribution in [0.4, 0.5) is 18.9 Å². The predicted octanol–water partition coefficient (Wildman–Crippen LogP) is 5.70. The molecule has 136 valence electrons. The fourth-order valence-electron chi connectivity index (χ4n) is 3.75. The van der Waals surface area contributed by atoms with E-state index >= 15 is 0 Å². The van der Waals surface area contributed by atoms with E-state index in [2.05, 4.69) is 4.90 Å². The van der Waals surface area contributed by atoms with Crippen molar-refractivity contribution >= 4 is 16.6 Å². The van der Waals surface area contributed by atoms with Crippen LogP contribution < -0.4 is 4.90 Å². The van der Waals surface area contributed by atoms with Crippen LogP contribution in [-0.4, -0.2) is 17.7 Å². The first kappa shape index (κ1) is 17.0. The highest BCUT2D eigenvalue weighted by Crippen LogP contribution is 2.36. The topological polar surface area (TPSA) is 8.17 Å². The maximum absolute atomic E-state index is 13.2. The van der Waals surface area contributed by atoms with Crippen LogP contribution in [-0.2, 0) is 12.7 Å². The van der Waals surface area contributed by atoms with Gasteiger partial charge in [0.05, 0.1) is 16.8 Å². The molecule has 0 bridgehead atoms. The highest BCUT2D eigenvalue weighted by atomic mass is 19.4. The van der Waals surface area contributed by atoms with Gasteiger partial charge in [-0.3, -0.25) is 0 Å². The van der Waals surface area contributed by atoms with Gasteiger partial charge in [0, 0.05) is 31.2 Å². The van der Waals surface area contributed by atoms with E-state index in [1.807, 2.05) is 41.1 Å². The third-order valence-electron chi connectivity index (χ3n) is 5.08. The molecule has 26 heavy (non-hydrogen) atoms. The molecule has 0 atom stereocenters. The highest BCUT2D eigenvalue weighted by molar-refractivity contribution is 5.94. The van der Waals surface area contributed by atoms with Crippen LogP contribution >= 0.6 is 0 Å². The molecule has 1 aromatic heterocycles. The van der Waals surface area contributed by atoms with E-state index < -0.39 is 11.7 Å². The van der Waals surface area contributed by atoms with Crippen molar-refractivity contribution in [1.29, 1.82) is 0 Å². The standard InChI is InChI=1S/C21H21F3N2/c22-21(23,24)17-9-10-18-19(13-17)26(14-16-7-3-1-4-8-16)15-20(18)25-11-5-2-6-12-25/h1,3-4,7-10,13,15H,2,5-6,11-12,14H2. The third kappa shape index (κ3) is 3.30. The van der Waals surface area contributed by atoms with Gasteiger partial charge in [-0.15, -0.1) is 0 Å². The van der Waals surface area contributed by atoms with Gasteiger partial charge in [0.1, 0.15) is 0 Å². The zero-order chi connectivity index (χ0) is 18.1. The van der Waals surface area contributed by atoms with Crippen molar-refractivity contribution < 1.29 is 13.2 Å². The van der Waals surface area contributed by atoms with Gasteiger partial charge in [-0.2, -0.15) is 13.2 Å². The van der Waals surface area contributed by atoms with Crippen LogP contribution in [0, 0.1) is 0 Å². The Balaban J connectivity index is 1.82. The number of rotatable bonds is 3. The Kier molecular flexibility index (Phi) is 4.39. The molecule has 0 amide bonds. The lowest BCUT2D eigenvalue weighted by Gasteiger charge is -2.28. The Bertz CT molecular complexity index is 891. The van der Waals surface area contributed by atoms with Crippen molar-refractivity contribution in [3.05, 3.63) is 65.9 Å². The van der Waals surface area contributed by atoms with Crippen molar-refractivity contribution in [2.24, 2.45) is 0 Å². The molecular formula is C21H21F3N2. The number of halogens is 3. The summed E-state index contributed by atoms with van der Waals surface area (Å²) in [5.41, 5.74) is 2.17. The molecule has 2 heterocycles. The zero-order valence-corrected chi connectivity index (χ0v) is 14.5. The number of fused-ring (bicyclic) bond motifs is 1. The van der Waals surface area contributed by atoms with E-state index in [1.54, 1.807) is 6.07 Å². The van der Waals surface area contributed by atoms with Crippen molar-refractivity contribution in [2.75, 3.05) is 18.0 Å². The SMILES string of the molecule is FC(F)(F)c1ccc2c(N3CCCCC3)cn(Cc3ccccc3)c2c1. The van der Waals surface area contributed by atoms with Gasteiger partial charge >= 0.3 is 6.18 Å². The Hall–Kier alpha value is -2.43. The molecule has 2 aromatic carbocycles. The van der Waals surface area contributed by atoms with E-state index in [9.17, 15) is 13.2 Å². The van der Waals surface area contributed by atoms with Crippen molar-refractivity contribution in [3.8, 4) is 0 Å². The summed E-state index contributed by atoms with van der Waals surface area (Å²) in [6.07, 6.45) is 1.17. The Morgan fingerprint density at radius 1 is 0.885 bits per heavy atom. The van der Waals surface area contributed by atoms with Crippen molar-refractivity contribution in [1.82, 2.24) is 4.57 Å². The van der Waals surface area contributed by atoms with Gasteiger partial charge in [-0.1, -0.05) is 36.4 Å². The number of alkyl halides is 3.